The van der Waals surface area contributed by atoms with Crippen LogP contribution in [0.5, 0.6) is 0 Å². The maximum Gasteiger partial charge on any atom is 0.229 e. The minimum atomic E-state index is -0.482. The first-order chi connectivity index (χ1) is 13.3. The minimum absolute atomic E-state index is 0.0435. The van der Waals surface area contributed by atoms with Crippen LogP contribution in [-0.4, -0.2) is 30.0 Å². The van der Waals surface area contributed by atoms with Crippen LogP contribution in [0.4, 0.5) is 17.1 Å². The average Bonchev–Trinajstić information content (AvgIpc) is 3.03. The highest BCUT2D eigenvalue weighted by Crippen LogP contribution is 2.27. The molecule has 2 aromatic carbocycles. The molecular weight excluding hydrogens is 358 g/mol. The Morgan fingerprint density at radius 3 is 2.21 bits per heavy atom. The zero-order valence-corrected chi connectivity index (χ0v) is 15.7. The van der Waals surface area contributed by atoms with E-state index in [1.807, 2.05) is 0 Å². The first-order valence-corrected chi connectivity index (χ1v) is 8.93. The van der Waals surface area contributed by atoms with Crippen molar-refractivity contribution in [3.05, 3.63) is 54.1 Å². The summed E-state index contributed by atoms with van der Waals surface area (Å²) in [7, 11) is 0. The third-order valence-corrected chi connectivity index (χ3v) is 4.53. The van der Waals surface area contributed by atoms with Gasteiger partial charge >= 0.3 is 0 Å². The number of hydrogen-bond donors (Lipinski definition) is 2. The SMILES string of the molecule is CC(=O)Nc1cccc(NC(=O)C2CC(=O)N(c3ccc(C(C)=O)cc3)C2)c1. The molecule has 1 fully saturated rings. The Kier molecular flexibility index (Phi) is 5.54. The summed E-state index contributed by atoms with van der Waals surface area (Å²) in [5.41, 5.74) is 2.37. The van der Waals surface area contributed by atoms with Crippen molar-refractivity contribution < 1.29 is 19.2 Å². The molecular formula is C21H21N3O4. The van der Waals surface area contributed by atoms with E-state index in [4.69, 9.17) is 0 Å². The zero-order chi connectivity index (χ0) is 20.3. The maximum absolute atomic E-state index is 12.6. The number of nitrogens with one attached hydrogen (secondary N) is 2. The lowest BCUT2D eigenvalue weighted by molar-refractivity contribution is -0.122. The summed E-state index contributed by atoms with van der Waals surface area (Å²) >= 11 is 0. The van der Waals surface area contributed by atoms with E-state index in [9.17, 15) is 19.2 Å². The fraction of sp³-hybridized carbons (Fsp3) is 0.238. The van der Waals surface area contributed by atoms with E-state index in [-0.39, 0.29) is 36.5 Å². The van der Waals surface area contributed by atoms with Gasteiger partial charge in [-0.25, -0.2) is 0 Å². The van der Waals surface area contributed by atoms with Crippen LogP contribution < -0.4 is 15.5 Å². The quantitative estimate of drug-likeness (QED) is 0.781. The molecule has 28 heavy (non-hydrogen) atoms. The summed E-state index contributed by atoms with van der Waals surface area (Å²) in [6.45, 7) is 3.17. The summed E-state index contributed by atoms with van der Waals surface area (Å²) in [4.78, 5) is 49.1. The van der Waals surface area contributed by atoms with Crippen molar-refractivity contribution in [3.8, 4) is 0 Å². The van der Waals surface area contributed by atoms with E-state index in [2.05, 4.69) is 10.6 Å². The van der Waals surface area contributed by atoms with Gasteiger partial charge in [0.1, 0.15) is 0 Å². The maximum atomic E-state index is 12.6. The summed E-state index contributed by atoms with van der Waals surface area (Å²) in [6, 6.07) is 13.6. The van der Waals surface area contributed by atoms with Gasteiger partial charge in [-0.15, -0.1) is 0 Å². The van der Waals surface area contributed by atoms with Crippen molar-refractivity contribution in [2.45, 2.75) is 20.3 Å². The zero-order valence-electron chi connectivity index (χ0n) is 15.7. The molecule has 0 aromatic heterocycles. The predicted molar refractivity (Wildman–Crippen MR) is 106 cm³/mol. The van der Waals surface area contributed by atoms with Gasteiger partial charge in [0.05, 0.1) is 5.92 Å². The van der Waals surface area contributed by atoms with E-state index in [0.717, 1.165) is 0 Å². The first-order valence-electron chi connectivity index (χ1n) is 8.93. The Morgan fingerprint density at radius 1 is 0.964 bits per heavy atom. The number of Topliss-reactive ketones (excluding diaryl/α,β-unsaturated/α-hetero) is 1. The molecule has 2 aromatic rings. The van der Waals surface area contributed by atoms with Crippen molar-refractivity contribution in [2.75, 3.05) is 22.1 Å². The van der Waals surface area contributed by atoms with Crippen molar-refractivity contribution in [2.24, 2.45) is 5.92 Å². The molecule has 0 bridgehead atoms. The molecule has 0 spiro atoms. The van der Waals surface area contributed by atoms with E-state index >= 15 is 0 Å². The number of anilines is 3. The summed E-state index contributed by atoms with van der Waals surface area (Å²) in [6.07, 6.45) is 0.117. The van der Waals surface area contributed by atoms with Gasteiger partial charge in [0, 0.05) is 42.5 Å². The second kappa shape index (κ2) is 8.04. The molecule has 7 heteroatoms. The van der Waals surface area contributed by atoms with Crippen LogP contribution in [0.25, 0.3) is 0 Å². The van der Waals surface area contributed by atoms with Gasteiger partial charge in [-0.1, -0.05) is 6.07 Å². The Morgan fingerprint density at radius 2 is 1.61 bits per heavy atom. The second-order valence-corrected chi connectivity index (χ2v) is 6.76. The van der Waals surface area contributed by atoms with Crippen molar-refractivity contribution in [1.29, 1.82) is 0 Å². The van der Waals surface area contributed by atoms with Gasteiger partial charge < -0.3 is 15.5 Å². The Labute approximate surface area is 162 Å². The predicted octanol–water partition coefficient (Wildman–Crippen LogP) is 2.84. The number of nitrogens with zero attached hydrogens (tertiary/aromatic N) is 1. The number of carbonyl (C=O) groups excluding carboxylic acids is 4. The molecule has 7 nitrogen and oxygen atoms in total. The van der Waals surface area contributed by atoms with Gasteiger partial charge in [-0.3, -0.25) is 19.2 Å². The fourth-order valence-electron chi connectivity index (χ4n) is 3.13. The molecule has 0 radical (unpaired) electrons. The lowest BCUT2D eigenvalue weighted by Gasteiger charge is -2.17. The van der Waals surface area contributed by atoms with Gasteiger partial charge in [0.2, 0.25) is 17.7 Å². The van der Waals surface area contributed by atoms with Crippen molar-refractivity contribution in [3.63, 3.8) is 0 Å². The molecule has 3 amide bonds. The highest BCUT2D eigenvalue weighted by atomic mass is 16.2. The van der Waals surface area contributed by atoms with E-state index in [1.54, 1.807) is 53.4 Å². The number of rotatable bonds is 5. The van der Waals surface area contributed by atoms with E-state index < -0.39 is 5.92 Å². The number of hydrogen-bond acceptors (Lipinski definition) is 4. The number of ketones is 1. The topological polar surface area (TPSA) is 95.6 Å². The molecule has 0 saturated carbocycles. The molecule has 0 aliphatic carbocycles. The third-order valence-electron chi connectivity index (χ3n) is 4.53. The molecule has 144 valence electrons. The van der Waals surface area contributed by atoms with E-state index in [1.165, 1.54) is 13.8 Å². The monoisotopic (exact) mass is 379 g/mol. The minimum Gasteiger partial charge on any atom is -0.326 e. The summed E-state index contributed by atoms with van der Waals surface area (Å²) < 4.78 is 0. The fourth-order valence-corrected chi connectivity index (χ4v) is 3.13. The van der Waals surface area contributed by atoms with Gasteiger partial charge in [0.25, 0.3) is 0 Å². The molecule has 1 saturated heterocycles. The molecule has 1 unspecified atom stereocenters. The lowest BCUT2D eigenvalue weighted by Crippen LogP contribution is -2.28. The highest BCUT2D eigenvalue weighted by molar-refractivity contribution is 6.04. The van der Waals surface area contributed by atoms with Crippen molar-refractivity contribution >= 4 is 40.6 Å². The Balaban J connectivity index is 1.66. The van der Waals surface area contributed by atoms with Crippen LogP contribution in [0.2, 0.25) is 0 Å². The normalized spacial score (nSPS) is 16.0. The number of amides is 3. The highest BCUT2D eigenvalue weighted by Gasteiger charge is 2.35. The molecule has 1 heterocycles. The molecule has 1 aliphatic rings. The largest absolute Gasteiger partial charge is 0.326 e. The van der Waals surface area contributed by atoms with Gasteiger partial charge in [-0.2, -0.15) is 0 Å². The molecule has 1 atom stereocenters. The summed E-state index contributed by atoms with van der Waals surface area (Å²) in [5.74, 6) is -1.11. The second-order valence-electron chi connectivity index (χ2n) is 6.76. The Bertz CT molecular complexity index is 937. The van der Waals surface area contributed by atoms with Crippen LogP contribution in [0.15, 0.2) is 48.5 Å². The van der Waals surface area contributed by atoms with Crippen LogP contribution in [0.3, 0.4) is 0 Å². The first kappa shape index (κ1) is 19.3. The van der Waals surface area contributed by atoms with E-state index in [0.29, 0.717) is 22.6 Å². The molecule has 3 rings (SSSR count). The van der Waals surface area contributed by atoms with Crippen LogP contribution in [0.1, 0.15) is 30.6 Å². The molecule has 1 aliphatic heterocycles. The number of benzene rings is 2. The number of carbonyl (C=O) groups is 4. The molecule has 2 N–H and O–H groups in total. The van der Waals surface area contributed by atoms with Crippen LogP contribution in [-0.2, 0) is 14.4 Å². The van der Waals surface area contributed by atoms with Crippen LogP contribution >= 0.6 is 0 Å². The standard InChI is InChI=1S/C21H21N3O4/c1-13(25)15-6-8-19(9-7-15)24-12-16(10-20(24)27)21(28)23-18-5-3-4-17(11-18)22-14(2)26/h3-9,11,16H,10,12H2,1-2H3,(H,22,26)(H,23,28). The smallest absolute Gasteiger partial charge is 0.229 e. The van der Waals surface area contributed by atoms with Crippen LogP contribution in [0, 0.1) is 5.92 Å². The summed E-state index contributed by atoms with van der Waals surface area (Å²) in [5, 5.41) is 5.46. The van der Waals surface area contributed by atoms with Gasteiger partial charge in [-0.05, 0) is 49.4 Å². The average molecular weight is 379 g/mol. The van der Waals surface area contributed by atoms with Crippen molar-refractivity contribution in [1.82, 2.24) is 0 Å². The lowest BCUT2D eigenvalue weighted by atomic mass is 10.1. The van der Waals surface area contributed by atoms with Gasteiger partial charge in [0.15, 0.2) is 5.78 Å². The third kappa shape index (κ3) is 4.43. The Hall–Kier alpha value is -3.48.